The molecular formula is C13H14F3N3O. The molecule has 0 fully saturated rings. The molecule has 1 aromatic heterocycles. The van der Waals surface area contributed by atoms with E-state index in [1.54, 1.807) is 13.8 Å². The van der Waals surface area contributed by atoms with Crippen LogP contribution in [-0.4, -0.2) is 9.36 Å². The fourth-order valence-electron chi connectivity index (χ4n) is 2.11. The van der Waals surface area contributed by atoms with Gasteiger partial charge in [0.2, 0.25) is 0 Å². The lowest BCUT2D eigenvalue weighted by Gasteiger charge is -2.14. The van der Waals surface area contributed by atoms with Crippen LogP contribution in [0.2, 0.25) is 0 Å². The smallest absolute Gasteiger partial charge is 0.393 e. The molecule has 2 rings (SSSR count). The number of rotatable bonds is 2. The van der Waals surface area contributed by atoms with Crippen LogP contribution in [0, 0.1) is 6.92 Å². The molecule has 0 saturated carbocycles. The van der Waals surface area contributed by atoms with Crippen LogP contribution in [0.1, 0.15) is 18.2 Å². The summed E-state index contributed by atoms with van der Waals surface area (Å²) in [6, 6.07) is 4.80. The maximum atomic E-state index is 12.7. The van der Waals surface area contributed by atoms with Crippen LogP contribution in [0.4, 0.5) is 18.9 Å². The van der Waals surface area contributed by atoms with Crippen molar-refractivity contribution in [3.05, 3.63) is 45.9 Å². The van der Waals surface area contributed by atoms with Gasteiger partial charge in [-0.15, -0.1) is 0 Å². The van der Waals surface area contributed by atoms with Crippen molar-refractivity contribution in [3.8, 4) is 5.69 Å². The summed E-state index contributed by atoms with van der Waals surface area (Å²) >= 11 is 0. The highest BCUT2D eigenvalue weighted by Crippen LogP contribution is 2.30. The van der Waals surface area contributed by atoms with E-state index in [1.807, 2.05) is 0 Å². The third-order valence-electron chi connectivity index (χ3n) is 3.13. The number of nitrogens with two attached hydrogens (primary N) is 1. The Kier molecular flexibility index (Phi) is 3.37. The average Bonchev–Trinajstić information content (AvgIpc) is 2.62. The number of nitrogen functional groups attached to an aromatic ring is 1. The molecule has 0 amide bonds. The summed E-state index contributed by atoms with van der Waals surface area (Å²) in [6.07, 6.45) is -4.43. The van der Waals surface area contributed by atoms with Crippen molar-refractivity contribution in [2.45, 2.75) is 26.6 Å². The first-order valence-electron chi connectivity index (χ1n) is 6.03. The highest BCUT2D eigenvalue weighted by atomic mass is 19.4. The van der Waals surface area contributed by atoms with Crippen molar-refractivity contribution in [1.82, 2.24) is 9.36 Å². The Morgan fingerprint density at radius 2 is 1.95 bits per heavy atom. The van der Waals surface area contributed by atoms with Gasteiger partial charge in [0.05, 0.1) is 16.9 Å². The Labute approximate surface area is 113 Å². The topological polar surface area (TPSA) is 52.9 Å². The predicted octanol–water partition coefficient (Wildman–Crippen LogP) is 2.57. The molecular weight excluding hydrogens is 271 g/mol. The van der Waals surface area contributed by atoms with Crippen LogP contribution in [0.25, 0.3) is 5.69 Å². The Balaban J connectivity index is 2.70. The van der Waals surface area contributed by atoms with E-state index in [9.17, 15) is 18.0 Å². The zero-order valence-corrected chi connectivity index (χ0v) is 11.0. The van der Waals surface area contributed by atoms with Gasteiger partial charge < -0.3 is 5.73 Å². The van der Waals surface area contributed by atoms with Crippen LogP contribution in [-0.2, 0) is 12.7 Å². The van der Waals surface area contributed by atoms with E-state index in [0.717, 1.165) is 12.1 Å². The Bertz CT molecular complexity index is 698. The number of aromatic nitrogens is 2. The van der Waals surface area contributed by atoms with Gasteiger partial charge in [-0.3, -0.25) is 9.48 Å². The van der Waals surface area contributed by atoms with Crippen molar-refractivity contribution in [2.24, 2.45) is 0 Å². The zero-order chi connectivity index (χ0) is 15.1. The fraction of sp³-hybridized carbons (Fsp3) is 0.308. The van der Waals surface area contributed by atoms with Gasteiger partial charge in [-0.05, 0) is 32.0 Å². The first-order valence-corrected chi connectivity index (χ1v) is 6.03. The maximum absolute atomic E-state index is 12.7. The van der Waals surface area contributed by atoms with E-state index >= 15 is 0 Å². The summed E-state index contributed by atoms with van der Waals surface area (Å²) in [7, 11) is 0. The van der Waals surface area contributed by atoms with Crippen molar-refractivity contribution in [3.63, 3.8) is 0 Å². The summed E-state index contributed by atoms with van der Waals surface area (Å²) < 4.78 is 41.0. The summed E-state index contributed by atoms with van der Waals surface area (Å²) in [5.41, 5.74) is 5.23. The molecule has 0 aliphatic carbocycles. The van der Waals surface area contributed by atoms with Gasteiger partial charge in [-0.25, -0.2) is 4.68 Å². The molecule has 2 aromatic rings. The SMILES string of the molecule is CCn1c(=O)c(N)c(C)n1-c1cccc(C(F)(F)F)c1. The molecule has 108 valence electrons. The van der Waals surface area contributed by atoms with Crippen molar-refractivity contribution in [1.29, 1.82) is 0 Å². The minimum atomic E-state index is -4.43. The predicted molar refractivity (Wildman–Crippen MR) is 69.9 cm³/mol. The van der Waals surface area contributed by atoms with Gasteiger partial charge in [-0.1, -0.05) is 6.07 Å². The van der Waals surface area contributed by atoms with Crippen molar-refractivity contribution >= 4 is 5.69 Å². The Morgan fingerprint density at radius 3 is 2.50 bits per heavy atom. The summed E-state index contributed by atoms with van der Waals surface area (Å²) in [5.74, 6) is 0. The summed E-state index contributed by atoms with van der Waals surface area (Å²) in [4.78, 5) is 11.9. The first-order chi connectivity index (χ1) is 9.27. The lowest BCUT2D eigenvalue weighted by atomic mass is 10.2. The Morgan fingerprint density at radius 1 is 1.30 bits per heavy atom. The number of hydrogen-bond acceptors (Lipinski definition) is 2. The molecule has 0 aliphatic rings. The van der Waals surface area contributed by atoms with Crippen LogP contribution in [0.3, 0.4) is 0 Å². The number of anilines is 1. The van der Waals surface area contributed by atoms with Gasteiger partial charge in [0.1, 0.15) is 5.69 Å². The van der Waals surface area contributed by atoms with Gasteiger partial charge >= 0.3 is 6.18 Å². The fourth-order valence-corrected chi connectivity index (χ4v) is 2.11. The first kappa shape index (κ1) is 14.2. The lowest BCUT2D eigenvalue weighted by Crippen LogP contribution is -2.22. The van der Waals surface area contributed by atoms with Gasteiger partial charge in [0.15, 0.2) is 0 Å². The summed E-state index contributed by atoms with van der Waals surface area (Å²) in [5, 5.41) is 0. The molecule has 0 unspecified atom stereocenters. The van der Waals surface area contributed by atoms with E-state index in [1.165, 1.54) is 21.5 Å². The van der Waals surface area contributed by atoms with Crippen molar-refractivity contribution < 1.29 is 13.2 Å². The second kappa shape index (κ2) is 4.73. The van der Waals surface area contributed by atoms with Gasteiger partial charge in [0, 0.05) is 6.54 Å². The van der Waals surface area contributed by atoms with E-state index < -0.39 is 17.3 Å². The molecule has 0 bridgehead atoms. The molecule has 2 N–H and O–H groups in total. The highest BCUT2D eigenvalue weighted by Gasteiger charge is 2.30. The minimum Gasteiger partial charge on any atom is -0.393 e. The third kappa shape index (κ3) is 2.19. The molecule has 0 atom stereocenters. The maximum Gasteiger partial charge on any atom is 0.416 e. The molecule has 1 heterocycles. The lowest BCUT2D eigenvalue weighted by molar-refractivity contribution is -0.137. The van der Waals surface area contributed by atoms with E-state index in [-0.39, 0.29) is 11.4 Å². The molecule has 0 spiro atoms. The van der Waals surface area contributed by atoms with Gasteiger partial charge in [0.25, 0.3) is 5.56 Å². The number of halogens is 3. The molecule has 0 saturated heterocycles. The van der Waals surface area contributed by atoms with Crippen LogP contribution < -0.4 is 11.3 Å². The second-order valence-electron chi connectivity index (χ2n) is 4.38. The number of benzene rings is 1. The van der Waals surface area contributed by atoms with E-state index in [0.29, 0.717) is 12.2 Å². The number of hydrogen-bond donors (Lipinski definition) is 1. The van der Waals surface area contributed by atoms with Crippen LogP contribution >= 0.6 is 0 Å². The minimum absolute atomic E-state index is 0.0456. The molecule has 4 nitrogen and oxygen atoms in total. The molecule has 0 aliphatic heterocycles. The average molecular weight is 285 g/mol. The number of nitrogens with zero attached hydrogens (tertiary/aromatic N) is 2. The Hall–Kier alpha value is -2.18. The standard InChI is InChI=1S/C13H14F3N3O/c1-3-18-12(20)11(17)8(2)19(18)10-6-4-5-9(7-10)13(14,15)16/h4-7H,3,17H2,1-2H3. The molecule has 7 heteroatoms. The van der Waals surface area contributed by atoms with Crippen molar-refractivity contribution in [2.75, 3.05) is 5.73 Å². The monoisotopic (exact) mass is 285 g/mol. The van der Waals surface area contributed by atoms with Gasteiger partial charge in [-0.2, -0.15) is 13.2 Å². The quantitative estimate of drug-likeness (QED) is 0.922. The molecule has 0 radical (unpaired) electrons. The molecule has 20 heavy (non-hydrogen) atoms. The summed E-state index contributed by atoms with van der Waals surface area (Å²) in [6.45, 7) is 3.64. The highest BCUT2D eigenvalue weighted by molar-refractivity contribution is 5.47. The van der Waals surface area contributed by atoms with E-state index in [2.05, 4.69) is 0 Å². The van der Waals surface area contributed by atoms with Crippen LogP contribution in [0.15, 0.2) is 29.1 Å². The zero-order valence-electron chi connectivity index (χ0n) is 11.0. The normalized spacial score (nSPS) is 11.8. The molecule has 1 aromatic carbocycles. The third-order valence-corrected chi connectivity index (χ3v) is 3.13. The second-order valence-corrected chi connectivity index (χ2v) is 4.38. The largest absolute Gasteiger partial charge is 0.416 e. The van der Waals surface area contributed by atoms with E-state index in [4.69, 9.17) is 5.73 Å². The van der Waals surface area contributed by atoms with Crippen LogP contribution in [0.5, 0.6) is 0 Å². The number of alkyl halides is 3.